The Bertz CT molecular complexity index is 258. The average Bonchev–Trinajstić information content (AvgIpc) is 2.63. The van der Waals surface area contributed by atoms with E-state index in [0.29, 0.717) is 12.8 Å². The van der Waals surface area contributed by atoms with Gasteiger partial charge in [0, 0.05) is 0 Å². The minimum absolute atomic E-state index is 0.000394. The molecule has 1 aliphatic carbocycles. The maximum Gasteiger partial charge on any atom is 0.310 e. The molecule has 0 amide bonds. The highest BCUT2D eigenvalue weighted by atomic mass is 16.6. The highest BCUT2D eigenvalue weighted by Gasteiger charge is 2.52. The molecule has 14 heavy (non-hydrogen) atoms. The summed E-state index contributed by atoms with van der Waals surface area (Å²) in [6.07, 6.45) is 1.17. The topological polar surface area (TPSA) is 63.6 Å². The summed E-state index contributed by atoms with van der Waals surface area (Å²) in [4.78, 5) is 22.1. The van der Waals surface area contributed by atoms with E-state index in [9.17, 15) is 9.59 Å². The van der Waals surface area contributed by atoms with E-state index in [4.69, 9.17) is 9.84 Å². The third kappa shape index (κ3) is 2.72. The summed E-state index contributed by atoms with van der Waals surface area (Å²) in [6.45, 7) is 5.31. The van der Waals surface area contributed by atoms with Crippen molar-refractivity contribution >= 4 is 11.9 Å². The molecule has 0 aromatic rings. The number of ether oxygens (including phenoxy) is 1. The number of carbonyl (C=O) groups is 2. The number of carboxylic acids is 1. The van der Waals surface area contributed by atoms with Gasteiger partial charge in [-0.25, -0.2) is 0 Å². The van der Waals surface area contributed by atoms with Crippen LogP contribution in [0.2, 0.25) is 0 Å². The fraction of sp³-hybridized carbons (Fsp3) is 0.800. The number of esters is 1. The van der Waals surface area contributed by atoms with Gasteiger partial charge in [-0.2, -0.15) is 0 Å². The van der Waals surface area contributed by atoms with E-state index in [1.54, 1.807) is 20.8 Å². The van der Waals surface area contributed by atoms with Gasteiger partial charge in [-0.3, -0.25) is 9.59 Å². The second-order valence-corrected chi connectivity index (χ2v) is 4.85. The maximum absolute atomic E-state index is 11.3. The lowest BCUT2D eigenvalue weighted by atomic mass is 10.0. The van der Waals surface area contributed by atoms with Crippen LogP contribution < -0.4 is 0 Å². The summed E-state index contributed by atoms with van der Waals surface area (Å²) in [7, 11) is 0. The van der Waals surface area contributed by atoms with Gasteiger partial charge >= 0.3 is 11.9 Å². The molecule has 1 rings (SSSR count). The second-order valence-electron chi connectivity index (χ2n) is 4.85. The van der Waals surface area contributed by atoms with E-state index in [2.05, 4.69) is 0 Å². The van der Waals surface area contributed by atoms with Crippen molar-refractivity contribution in [3.05, 3.63) is 0 Å². The summed E-state index contributed by atoms with van der Waals surface area (Å²) < 4.78 is 5.06. The molecule has 1 fully saturated rings. The van der Waals surface area contributed by atoms with Crippen LogP contribution >= 0.6 is 0 Å². The van der Waals surface area contributed by atoms with E-state index in [0.717, 1.165) is 0 Å². The summed E-state index contributed by atoms with van der Waals surface area (Å²) in [5, 5.41) is 8.84. The molecule has 0 radical (unpaired) electrons. The monoisotopic (exact) mass is 200 g/mol. The van der Waals surface area contributed by atoms with Gasteiger partial charge in [0.2, 0.25) is 0 Å². The SMILES string of the molecule is CC(C)(C)OC(=O)CC1(C(=O)O)CC1. The average molecular weight is 200 g/mol. The lowest BCUT2D eigenvalue weighted by Gasteiger charge is -2.20. The summed E-state index contributed by atoms with van der Waals surface area (Å²) in [6, 6.07) is 0. The Morgan fingerprint density at radius 3 is 2.14 bits per heavy atom. The van der Waals surface area contributed by atoms with Crippen LogP contribution in [0.25, 0.3) is 0 Å². The van der Waals surface area contributed by atoms with E-state index >= 15 is 0 Å². The van der Waals surface area contributed by atoms with Crippen molar-refractivity contribution in [2.75, 3.05) is 0 Å². The van der Waals surface area contributed by atoms with Crippen molar-refractivity contribution in [1.82, 2.24) is 0 Å². The van der Waals surface area contributed by atoms with Gasteiger partial charge in [-0.1, -0.05) is 0 Å². The van der Waals surface area contributed by atoms with Gasteiger partial charge in [0.25, 0.3) is 0 Å². The van der Waals surface area contributed by atoms with Crippen LogP contribution in [0.1, 0.15) is 40.0 Å². The lowest BCUT2D eigenvalue weighted by molar-refractivity contribution is -0.160. The van der Waals surface area contributed by atoms with Gasteiger partial charge in [0.05, 0.1) is 11.8 Å². The van der Waals surface area contributed by atoms with Gasteiger partial charge in [0.15, 0.2) is 0 Å². The zero-order valence-electron chi connectivity index (χ0n) is 8.79. The highest BCUT2D eigenvalue weighted by Crippen LogP contribution is 2.49. The Balaban J connectivity index is 2.46. The van der Waals surface area contributed by atoms with Crippen LogP contribution in [-0.4, -0.2) is 22.6 Å². The van der Waals surface area contributed by atoms with Crippen molar-refractivity contribution in [3.8, 4) is 0 Å². The zero-order valence-corrected chi connectivity index (χ0v) is 8.79. The molecule has 0 heterocycles. The number of carbonyl (C=O) groups excluding carboxylic acids is 1. The minimum Gasteiger partial charge on any atom is -0.481 e. The normalized spacial score (nSPS) is 18.8. The van der Waals surface area contributed by atoms with Crippen LogP contribution in [0.3, 0.4) is 0 Å². The molecule has 0 aliphatic heterocycles. The maximum atomic E-state index is 11.3. The third-order valence-electron chi connectivity index (χ3n) is 2.21. The van der Waals surface area contributed by atoms with E-state index in [1.165, 1.54) is 0 Å². The molecule has 4 heteroatoms. The van der Waals surface area contributed by atoms with E-state index in [-0.39, 0.29) is 6.42 Å². The Morgan fingerprint density at radius 2 is 1.86 bits per heavy atom. The molecule has 0 aromatic heterocycles. The van der Waals surface area contributed by atoms with Gasteiger partial charge < -0.3 is 9.84 Å². The fourth-order valence-electron chi connectivity index (χ4n) is 1.27. The van der Waals surface area contributed by atoms with E-state index < -0.39 is 23.0 Å². The Labute approximate surface area is 83.2 Å². The van der Waals surface area contributed by atoms with Crippen molar-refractivity contribution in [2.24, 2.45) is 5.41 Å². The molecule has 80 valence electrons. The van der Waals surface area contributed by atoms with Gasteiger partial charge in [0.1, 0.15) is 5.60 Å². The molecule has 0 saturated heterocycles. The van der Waals surface area contributed by atoms with Crippen molar-refractivity contribution in [2.45, 2.75) is 45.6 Å². The third-order valence-corrected chi connectivity index (χ3v) is 2.21. The van der Waals surface area contributed by atoms with Crippen LogP contribution in [-0.2, 0) is 14.3 Å². The second kappa shape index (κ2) is 3.26. The summed E-state index contributed by atoms with van der Waals surface area (Å²) >= 11 is 0. The van der Waals surface area contributed by atoms with Crippen molar-refractivity contribution in [3.63, 3.8) is 0 Å². The quantitative estimate of drug-likeness (QED) is 0.702. The predicted octanol–water partition coefficient (Wildman–Crippen LogP) is 1.58. The minimum atomic E-state index is -0.886. The first-order chi connectivity index (χ1) is 6.25. The molecule has 0 bridgehead atoms. The first kappa shape index (κ1) is 11.0. The number of rotatable bonds is 3. The summed E-state index contributed by atoms with van der Waals surface area (Å²) in [5.41, 5.74) is -1.35. The molecule has 0 spiro atoms. The number of hydrogen-bond donors (Lipinski definition) is 1. The van der Waals surface area contributed by atoms with Crippen LogP contribution in [0.15, 0.2) is 0 Å². The smallest absolute Gasteiger partial charge is 0.310 e. The molecular formula is C10H16O4. The van der Waals surface area contributed by atoms with Crippen LogP contribution in [0, 0.1) is 5.41 Å². The lowest BCUT2D eigenvalue weighted by Crippen LogP contribution is -2.27. The molecule has 1 aliphatic rings. The molecule has 0 unspecified atom stereocenters. The zero-order chi connectivity index (χ0) is 11.0. The first-order valence-corrected chi connectivity index (χ1v) is 4.70. The van der Waals surface area contributed by atoms with E-state index in [1.807, 2.05) is 0 Å². The first-order valence-electron chi connectivity index (χ1n) is 4.70. The van der Waals surface area contributed by atoms with Crippen LogP contribution in [0.5, 0.6) is 0 Å². The number of aliphatic carboxylic acids is 1. The molecular weight excluding hydrogens is 184 g/mol. The standard InChI is InChI=1S/C10H16O4/c1-9(2,3)14-7(11)6-10(4-5-10)8(12)13/h4-6H2,1-3H3,(H,12,13). The fourth-order valence-corrected chi connectivity index (χ4v) is 1.27. The molecule has 1 saturated carbocycles. The number of hydrogen-bond acceptors (Lipinski definition) is 3. The predicted molar refractivity (Wildman–Crippen MR) is 49.8 cm³/mol. The largest absolute Gasteiger partial charge is 0.481 e. The highest BCUT2D eigenvalue weighted by molar-refractivity contribution is 5.84. The Kier molecular flexibility index (Phi) is 2.56. The molecule has 4 nitrogen and oxygen atoms in total. The number of carboxylic acid groups (broad SMARTS) is 1. The van der Waals surface area contributed by atoms with Crippen molar-refractivity contribution < 1.29 is 19.4 Å². The van der Waals surface area contributed by atoms with Crippen molar-refractivity contribution in [1.29, 1.82) is 0 Å². The van der Waals surface area contributed by atoms with Gasteiger partial charge in [-0.05, 0) is 33.6 Å². The summed E-state index contributed by atoms with van der Waals surface area (Å²) in [5.74, 6) is -1.30. The molecule has 0 aromatic carbocycles. The molecule has 0 atom stereocenters. The molecule has 1 N–H and O–H groups in total. The Hall–Kier alpha value is -1.06. The van der Waals surface area contributed by atoms with Gasteiger partial charge in [-0.15, -0.1) is 0 Å². The Morgan fingerprint density at radius 1 is 1.36 bits per heavy atom. The van der Waals surface area contributed by atoms with Crippen LogP contribution in [0.4, 0.5) is 0 Å².